The molecule has 94 valence electrons. The van der Waals surface area contributed by atoms with Crippen LogP contribution in [0.25, 0.3) is 0 Å². The van der Waals surface area contributed by atoms with E-state index in [0.29, 0.717) is 0 Å². The number of hydrogen-bond acceptors (Lipinski definition) is 4. The number of carboxylic acids is 2. The highest BCUT2D eigenvalue weighted by Gasteiger charge is 2.27. The van der Waals surface area contributed by atoms with Crippen LogP contribution in [-0.2, 0) is 19.1 Å². The highest BCUT2D eigenvalue weighted by Crippen LogP contribution is 2.18. The molecular weight excluding hydrogens is 228 g/mol. The van der Waals surface area contributed by atoms with E-state index in [0.717, 1.165) is 0 Å². The Bertz CT molecular complexity index is 370. The molecule has 0 saturated carbocycles. The average molecular weight is 242 g/mol. The zero-order valence-corrected chi connectivity index (χ0v) is 9.49. The van der Waals surface area contributed by atoms with Gasteiger partial charge >= 0.3 is 11.9 Å². The summed E-state index contributed by atoms with van der Waals surface area (Å²) < 4.78 is 10.3. The second kappa shape index (κ2) is 5.60. The normalized spacial score (nSPS) is 25.2. The smallest absolute Gasteiger partial charge is 0.335 e. The molecule has 0 aromatic heterocycles. The van der Waals surface area contributed by atoms with Crippen molar-refractivity contribution >= 4 is 11.9 Å². The first-order valence-corrected chi connectivity index (χ1v) is 5.00. The van der Waals surface area contributed by atoms with Crippen LogP contribution in [0, 0.1) is 0 Å². The molecule has 1 rings (SSSR count). The molecule has 0 heterocycles. The van der Waals surface area contributed by atoms with E-state index in [4.69, 9.17) is 19.7 Å². The lowest BCUT2D eigenvalue weighted by molar-refractivity contribution is -0.154. The first-order valence-electron chi connectivity index (χ1n) is 5.00. The quantitative estimate of drug-likeness (QED) is 0.726. The van der Waals surface area contributed by atoms with Gasteiger partial charge in [0.05, 0.1) is 5.57 Å². The highest BCUT2D eigenvalue weighted by atomic mass is 16.6. The lowest BCUT2D eigenvalue weighted by atomic mass is 10.0. The predicted molar refractivity (Wildman–Crippen MR) is 57.6 cm³/mol. The standard InChI is InChI=1S/C11H14O6/c1-6(10(12)13)17-9-5-7(11(14)15)3-4-8(9)16-2/h3-6,8-9H,1-2H3,(H,12,13)(H,14,15)/t6?,8-,9-/m1/s1. The molecule has 0 amide bonds. The number of carbonyl (C=O) groups is 2. The monoisotopic (exact) mass is 242 g/mol. The molecule has 0 aliphatic heterocycles. The summed E-state index contributed by atoms with van der Waals surface area (Å²) in [6, 6.07) is 0. The van der Waals surface area contributed by atoms with Gasteiger partial charge in [0.15, 0.2) is 6.10 Å². The molecule has 0 aromatic rings. The highest BCUT2D eigenvalue weighted by molar-refractivity contribution is 5.90. The van der Waals surface area contributed by atoms with Gasteiger partial charge in [-0.05, 0) is 19.1 Å². The molecule has 0 radical (unpaired) electrons. The van der Waals surface area contributed by atoms with Crippen molar-refractivity contribution in [1.29, 1.82) is 0 Å². The summed E-state index contributed by atoms with van der Waals surface area (Å²) in [6.45, 7) is 1.38. The molecule has 0 fully saturated rings. The van der Waals surface area contributed by atoms with Crippen LogP contribution in [0.2, 0.25) is 0 Å². The van der Waals surface area contributed by atoms with Gasteiger partial charge in [0.2, 0.25) is 0 Å². The van der Waals surface area contributed by atoms with Gasteiger partial charge in [-0.25, -0.2) is 9.59 Å². The van der Waals surface area contributed by atoms with Gasteiger partial charge in [0.25, 0.3) is 0 Å². The Labute approximate surface area is 98.1 Å². The van der Waals surface area contributed by atoms with E-state index in [-0.39, 0.29) is 5.57 Å². The third-order valence-electron chi connectivity index (χ3n) is 2.36. The second-order valence-corrected chi connectivity index (χ2v) is 3.57. The number of methoxy groups -OCH3 is 1. The zero-order chi connectivity index (χ0) is 13.0. The summed E-state index contributed by atoms with van der Waals surface area (Å²) in [6.07, 6.45) is 2.04. The Morgan fingerprint density at radius 2 is 2.00 bits per heavy atom. The van der Waals surface area contributed by atoms with Crippen LogP contribution in [-0.4, -0.2) is 47.6 Å². The van der Waals surface area contributed by atoms with Crippen LogP contribution in [0.3, 0.4) is 0 Å². The van der Waals surface area contributed by atoms with Gasteiger partial charge in [-0.2, -0.15) is 0 Å². The van der Waals surface area contributed by atoms with Crippen LogP contribution in [0.5, 0.6) is 0 Å². The Morgan fingerprint density at radius 1 is 1.35 bits per heavy atom. The molecular formula is C11H14O6. The van der Waals surface area contributed by atoms with E-state index in [1.54, 1.807) is 0 Å². The number of rotatable bonds is 5. The molecule has 17 heavy (non-hydrogen) atoms. The molecule has 0 bridgehead atoms. The van der Waals surface area contributed by atoms with E-state index in [1.807, 2.05) is 0 Å². The SMILES string of the molecule is CO[C@@H]1C=CC(C(=O)O)=C[C@H]1OC(C)C(=O)O. The van der Waals surface area contributed by atoms with Crippen molar-refractivity contribution in [2.24, 2.45) is 0 Å². The fraction of sp³-hybridized carbons (Fsp3) is 0.455. The fourth-order valence-electron chi connectivity index (χ4n) is 1.40. The molecule has 1 aliphatic rings. The molecule has 0 spiro atoms. The van der Waals surface area contributed by atoms with Crippen LogP contribution in [0.4, 0.5) is 0 Å². The number of aliphatic carboxylic acids is 2. The predicted octanol–water partition coefficient (Wildman–Crippen LogP) is 0.441. The first kappa shape index (κ1) is 13.4. The van der Waals surface area contributed by atoms with Gasteiger partial charge in [-0.15, -0.1) is 0 Å². The van der Waals surface area contributed by atoms with Gasteiger partial charge in [0.1, 0.15) is 12.2 Å². The maximum Gasteiger partial charge on any atom is 0.335 e. The van der Waals surface area contributed by atoms with E-state index in [1.165, 1.54) is 32.3 Å². The summed E-state index contributed by atoms with van der Waals surface area (Å²) in [7, 11) is 1.44. The van der Waals surface area contributed by atoms with E-state index in [9.17, 15) is 9.59 Å². The van der Waals surface area contributed by atoms with Crippen molar-refractivity contribution in [1.82, 2.24) is 0 Å². The van der Waals surface area contributed by atoms with Crippen molar-refractivity contribution in [2.45, 2.75) is 25.2 Å². The fourth-order valence-corrected chi connectivity index (χ4v) is 1.40. The van der Waals surface area contributed by atoms with Crippen LogP contribution in [0.1, 0.15) is 6.92 Å². The van der Waals surface area contributed by atoms with Crippen molar-refractivity contribution < 1.29 is 29.3 Å². The molecule has 0 aromatic carbocycles. The van der Waals surface area contributed by atoms with Crippen molar-refractivity contribution in [3.8, 4) is 0 Å². The number of ether oxygens (including phenoxy) is 2. The maximum absolute atomic E-state index is 10.8. The number of carboxylic acid groups (broad SMARTS) is 2. The van der Waals surface area contributed by atoms with Crippen molar-refractivity contribution in [3.63, 3.8) is 0 Å². The largest absolute Gasteiger partial charge is 0.479 e. The van der Waals surface area contributed by atoms with E-state index >= 15 is 0 Å². The molecule has 6 nitrogen and oxygen atoms in total. The summed E-state index contributed by atoms with van der Waals surface area (Å²) >= 11 is 0. The summed E-state index contributed by atoms with van der Waals surface area (Å²) in [5.74, 6) is -2.20. The van der Waals surface area contributed by atoms with Gasteiger partial charge < -0.3 is 19.7 Å². The molecule has 3 atom stereocenters. The van der Waals surface area contributed by atoms with Crippen LogP contribution >= 0.6 is 0 Å². The summed E-state index contributed by atoms with van der Waals surface area (Å²) in [5.41, 5.74) is 0.0564. The Morgan fingerprint density at radius 3 is 2.47 bits per heavy atom. The summed E-state index contributed by atoms with van der Waals surface area (Å²) in [4.78, 5) is 21.4. The maximum atomic E-state index is 10.8. The Hall–Kier alpha value is -1.66. The molecule has 6 heteroatoms. The average Bonchev–Trinajstić information content (AvgIpc) is 2.28. The molecule has 1 unspecified atom stereocenters. The minimum absolute atomic E-state index is 0.0564. The molecule has 0 saturated heterocycles. The van der Waals surface area contributed by atoms with Gasteiger partial charge in [0, 0.05) is 7.11 Å². The molecule has 1 aliphatic carbocycles. The van der Waals surface area contributed by atoms with Crippen molar-refractivity contribution in [2.75, 3.05) is 7.11 Å². The lowest BCUT2D eigenvalue weighted by Crippen LogP contribution is -2.35. The zero-order valence-electron chi connectivity index (χ0n) is 9.49. The summed E-state index contributed by atoms with van der Waals surface area (Å²) in [5, 5.41) is 17.6. The van der Waals surface area contributed by atoms with Gasteiger partial charge in [-0.1, -0.05) is 6.08 Å². The minimum Gasteiger partial charge on any atom is -0.479 e. The minimum atomic E-state index is -1.11. The van der Waals surface area contributed by atoms with Gasteiger partial charge in [-0.3, -0.25) is 0 Å². The Kier molecular flexibility index (Phi) is 4.42. The first-order chi connectivity index (χ1) is 7.95. The third kappa shape index (κ3) is 3.40. The third-order valence-corrected chi connectivity index (χ3v) is 2.36. The van der Waals surface area contributed by atoms with E-state index in [2.05, 4.69) is 0 Å². The Balaban J connectivity index is 2.81. The lowest BCUT2D eigenvalue weighted by Gasteiger charge is -2.26. The van der Waals surface area contributed by atoms with Crippen molar-refractivity contribution in [3.05, 3.63) is 23.8 Å². The van der Waals surface area contributed by atoms with Crippen LogP contribution in [0.15, 0.2) is 23.8 Å². The molecule has 2 N–H and O–H groups in total. The second-order valence-electron chi connectivity index (χ2n) is 3.57. The van der Waals surface area contributed by atoms with E-state index < -0.39 is 30.3 Å². The topological polar surface area (TPSA) is 93.1 Å². The number of hydrogen-bond donors (Lipinski definition) is 2. The van der Waals surface area contributed by atoms with Crippen LogP contribution < -0.4 is 0 Å².